The molecule has 0 aromatic heterocycles. The summed E-state index contributed by atoms with van der Waals surface area (Å²) in [5, 5.41) is 25.0. The van der Waals surface area contributed by atoms with E-state index in [0.717, 1.165) is 0 Å². The Morgan fingerprint density at radius 2 is 0.900 bits per heavy atom. The van der Waals surface area contributed by atoms with Gasteiger partial charge in [-0.1, -0.05) is 0 Å². The SMILES string of the molecule is CCN(C(C)=O)c1c(I)c(NC(=O)CCS(=O)(=O)CCC(=O)Nc2c(I)c(C(=O)O)c(I)c(N(CC)C(C)=O)c2I)c(I)c(C(=O)O)c1I.[Na+]. The molecule has 0 aliphatic heterocycles. The van der Waals surface area contributed by atoms with Crippen LogP contribution in [-0.4, -0.2) is 78.8 Å². The van der Waals surface area contributed by atoms with Gasteiger partial charge in [-0.05, 0) is 149 Å². The molecule has 22 heteroatoms. The van der Waals surface area contributed by atoms with Gasteiger partial charge in [-0.3, -0.25) is 19.2 Å². The number of nitrogens with one attached hydrogen (secondary N) is 2. The number of aromatic carboxylic acids is 2. The molecule has 0 saturated carbocycles. The molecule has 14 nitrogen and oxygen atoms in total. The van der Waals surface area contributed by atoms with Crippen molar-refractivity contribution in [3.05, 3.63) is 32.5 Å². The van der Waals surface area contributed by atoms with Gasteiger partial charge in [0.05, 0.1) is 66.8 Å². The van der Waals surface area contributed by atoms with Crippen molar-refractivity contribution in [2.45, 2.75) is 40.5 Å². The van der Waals surface area contributed by atoms with Crippen LogP contribution in [0.15, 0.2) is 0 Å². The van der Waals surface area contributed by atoms with Crippen LogP contribution in [0.25, 0.3) is 0 Å². The molecule has 4 N–H and O–H groups in total. The maximum atomic E-state index is 13.0. The average molecular weight is 1400 g/mol. The van der Waals surface area contributed by atoms with Crippen molar-refractivity contribution in [2.75, 3.05) is 45.0 Å². The Morgan fingerprint density at radius 3 is 1.14 bits per heavy atom. The van der Waals surface area contributed by atoms with Crippen molar-refractivity contribution in [2.24, 2.45) is 0 Å². The second-order valence-electron chi connectivity index (χ2n) is 9.97. The minimum absolute atomic E-state index is 0. The number of benzene rings is 2. The number of carboxylic acids is 2. The fourth-order valence-corrected chi connectivity index (χ4v) is 14.6. The van der Waals surface area contributed by atoms with Crippen molar-refractivity contribution in [1.82, 2.24) is 0 Å². The third-order valence-corrected chi connectivity index (χ3v) is 14.8. The van der Waals surface area contributed by atoms with E-state index >= 15 is 0 Å². The van der Waals surface area contributed by atoms with Crippen LogP contribution in [0.3, 0.4) is 0 Å². The number of carbonyl (C=O) groups excluding carboxylic acids is 4. The summed E-state index contributed by atoms with van der Waals surface area (Å²) in [6.45, 7) is 6.57. The first-order valence-corrected chi connectivity index (χ1v) is 22.2. The van der Waals surface area contributed by atoms with Gasteiger partial charge in [0.25, 0.3) is 0 Å². The number of anilines is 4. The fraction of sp³-hybridized carbons (Fsp3) is 0.357. The zero-order valence-corrected chi connectivity index (χ0v) is 42.7. The third-order valence-electron chi connectivity index (χ3n) is 6.76. The summed E-state index contributed by atoms with van der Waals surface area (Å²) < 4.78 is 27.6. The summed E-state index contributed by atoms with van der Waals surface area (Å²) in [6.07, 6.45) is -1.000. The molecule has 2 rings (SSSR count). The van der Waals surface area contributed by atoms with Crippen LogP contribution in [0.4, 0.5) is 22.7 Å². The second-order valence-corrected chi connectivity index (χ2v) is 18.7. The molecule has 0 aliphatic rings. The Bertz CT molecular complexity index is 1740. The van der Waals surface area contributed by atoms with E-state index in [1.165, 1.54) is 23.6 Å². The number of carbonyl (C=O) groups is 6. The Labute approximate surface area is 392 Å². The molecule has 0 fully saturated rings. The summed E-state index contributed by atoms with van der Waals surface area (Å²) in [4.78, 5) is 77.6. The Kier molecular flexibility index (Phi) is 20.5. The molecule has 4 amide bonds. The van der Waals surface area contributed by atoms with Gasteiger partial charge in [0, 0.05) is 39.8 Å². The Balaban J connectivity index is 0.0000125. The quantitative estimate of drug-likeness (QED) is 0.161. The van der Waals surface area contributed by atoms with E-state index in [1.807, 2.05) is 90.4 Å². The smallest absolute Gasteiger partial charge is 0.478 e. The van der Waals surface area contributed by atoms with Crippen LogP contribution in [0.2, 0.25) is 0 Å². The molecule has 0 saturated heterocycles. The average Bonchev–Trinajstić information content (AvgIpc) is 2.99. The number of nitrogens with zero attached hydrogens (tertiary/aromatic N) is 2. The summed E-state index contributed by atoms with van der Waals surface area (Å²) in [5.74, 6) is -5.89. The summed E-state index contributed by atoms with van der Waals surface area (Å²) >= 11 is 11.1. The van der Waals surface area contributed by atoms with Crippen LogP contribution in [0.5, 0.6) is 0 Å². The molecule has 0 heterocycles. The first-order chi connectivity index (χ1) is 22.6. The van der Waals surface area contributed by atoms with Crippen LogP contribution < -0.4 is 50.0 Å². The van der Waals surface area contributed by atoms with Crippen molar-refractivity contribution >= 4 is 204 Å². The van der Waals surface area contributed by atoms with Gasteiger partial charge >= 0.3 is 41.5 Å². The fourth-order valence-electron chi connectivity index (χ4n) is 4.45. The van der Waals surface area contributed by atoms with E-state index < -0.39 is 57.9 Å². The Morgan fingerprint density at radius 1 is 0.600 bits per heavy atom. The largest absolute Gasteiger partial charge is 1.00 e. The molecule has 0 radical (unpaired) electrons. The van der Waals surface area contributed by atoms with Crippen LogP contribution >= 0.6 is 136 Å². The first kappa shape index (κ1) is 48.6. The van der Waals surface area contributed by atoms with E-state index in [2.05, 4.69) is 10.6 Å². The predicted octanol–water partition coefficient (Wildman–Crippen LogP) is 3.23. The maximum absolute atomic E-state index is 13.0. The van der Waals surface area contributed by atoms with E-state index in [0.29, 0.717) is 25.7 Å². The van der Waals surface area contributed by atoms with Gasteiger partial charge in [0.1, 0.15) is 0 Å². The van der Waals surface area contributed by atoms with Crippen molar-refractivity contribution in [3.8, 4) is 0 Å². The molecular weight excluding hydrogens is 1370 g/mol. The summed E-state index contributed by atoms with van der Waals surface area (Å²) in [7, 11) is -3.95. The molecule has 0 unspecified atom stereocenters. The van der Waals surface area contributed by atoms with E-state index in [-0.39, 0.29) is 84.1 Å². The molecule has 268 valence electrons. The molecule has 0 atom stereocenters. The van der Waals surface area contributed by atoms with Gasteiger partial charge in [-0.2, -0.15) is 0 Å². The minimum atomic E-state index is -3.95. The van der Waals surface area contributed by atoms with Gasteiger partial charge in [0.2, 0.25) is 23.6 Å². The monoisotopic (exact) mass is 1400 g/mol. The first-order valence-electron chi connectivity index (χ1n) is 13.9. The maximum Gasteiger partial charge on any atom is 1.00 e. The molecule has 0 bridgehead atoms. The predicted molar refractivity (Wildman–Crippen MR) is 236 cm³/mol. The van der Waals surface area contributed by atoms with E-state index in [9.17, 15) is 47.4 Å². The molecular formula is C28H28I6N4NaO10S+. The normalized spacial score (nSPS) is 10.9. The Hall–Kier alpha value is 0.590. The molecule has 50 heavy (non-hydrogen) atoms. The standard InChI is InChI=1S/C28H28I6N4O10S.Na/c1-5-37(11(3)39)25-19(31)15(27(43)44)17(29)23(21(25)33)35-13(41)7-9-49(47,48)10-8-14(42)36-24-18(30)16(28(45)46)20(32)26(22(24)34)38(6-2)12(4)40;/h5-10H2,1-4H3,(H,35,41)(H,36,42)(H,43,44)(H,45,46);/q;+1. The van der Waals surface area contributed by atoms with Crippen molar-refractivity contribution in [1.29, 1.82) is 0 Å². The zero-order valence-electron chi connectivity index (χ0n) is 27.0. The minimum Gasteiger partial charge on any atom is -0.478 e. The molecule has 0 aliphatic carbocycles. The van der Waals surface area contributed by atoms with Gasteiger partial charge in [-0.15, -0.1) is 0 Å². The second kappa shape index (κ2) is 21.0. The molecule has 0 spiro atoms. The number of hydrogen-bond donors (Lipinski definition) is 4. The van der Waals surface area contributed by atoms with Crippen molar-refractivity contribution < 1.29 is 77.0 Å². The van der Waals surface area contributed by atoms with E-state index in [1.54, 1.807) is 59.0 Å². The number of amides is 4. The zero-order chi connectivity index (χ0) is 37.7. The number of halogens is 6. The van der Waals surface area contributed by atoms with Crippen molar-refractivity contribution in [3.63, 3.8) is 0 Å². The molecule has 2 aromatic carbocycles. The number of carboxylic acid groups (broad SMARTS) is 2. The molecule has 2 aromatic rings. The van der Waals surface area contributed by atoms with Crippen LogP contribution in [0, 0.1) is 21.4 Å². The number of sulfone groups is 1. The summed E-state index contributed by atoms with van der Waals surface area (Å²) in [6, 6.07) is 0. The number of hydrogen-bond acceptors (Lipinski definition) is 8. The van der Waals surface area contributed by atoms with Crippen LogP contribution in [-0.2, 0) is 29.0 Å². The summed E-state index contributed by atoms with van der Waals surface area (Å²) in [5.41, 5.74) is 0.647. The van der Waals surface area contributed by atoms with Crippen LogP contribution in [0.1, 0.15) is 61.3 Å². The third kappa shape index (κ3) is 11.8. The van der Waals surface area contributed by atoms with Gasteiger partial charge in [0.15, 0.2) is 9.84 Å². The topological polar surface area (TPSA) is 208 Å². The van der Waals surface area contributed by atoms with E-state index in [4.69, 9.17) is 0 Å². The number of rotatable bonds is 14. The van der Waals surface area contributed by atoms with Gasteiger partial charge < -0.3 is 30.6 Å². The van der Waals surface area contributed by atoms with Gasteiger partial charge in [-0.25, -0.2) is 18.0 Å².